The maximum absolute atomic E-state index is 8.83. The van der Waals surface area contributed by atoms with E-state index in [2.05, 4.69) is 20.8 Å². The fraction of sp³-hybridized carbons (Fsp3) is 1.00. The van der Waals surface area contributed by atoms with Crippen molar-refractivity contribution in [2.75, 3.05) is 26.3 Å². The second-order valence-corrected chi connectivity index (χ2v) is 5.79. The van der Waals surface area contributed by atoms with Gasteiger partial charge in [-0.15, -0.1) is 0 Å². The molecule has 0 bridgehead atoms. The summed E-state index contributed by atoms with van der Waals surface area (Å²) in [6, 6.07) is 0. The van der Waals surface area contributed by atoms with Crippen molar-refractivity contribution in [1.29, 1.82) is 0 Å². The summed E-state index contributed by atoms with van der Waals surface area (Å²) in [6.45, 7) is 9.64. The Hall–Kier alpha value is -0.120. The molecule has 1 N–H and O–H groups in total. The summed E-state index contributed by atoms with van der Waals surface area (Å²) in [5.41, 5.74) is 0. The van der Waals surface area contributed by atoms with Crippen molar-refractivity contribution < 1.29 is 9.94 Å². The first-order chi connectivity index (χ1) is 9.20. The molecule has 0 aliphatic carbocycles. The summed E-state index contributed by atoms with van der Waals surface area (Å²) in [5, 5.41) is 10.8. The van der Waals surface area contributed by atoms with Gasteiger partial charge in [-0.1, -0.05) is 52.9 Å². The maximum Gasteiger partial charge on any atom is 0.0685 e. The molecule has 0 heterocycles. The molecule has 3 heteroatoms. The largest absolute Gasteiger partial charge is 0.396 e. The Morgan fingerprint density at radius 2 is 1.63 bits per heavy atom. The Morgan fingerprint density at radius 3 is 2.26 bits per heavy atom. The number of aliphatic hydroxyl groups is 1. The highest BCUT2D eigenvalue weighted by molar-refractivity contribution is 4.49. The van der Waals surface area contributed by atoms with Crippen LogP contribution in [0, 0.1) is 5.92 Å². The smallest absolute Gasteiger partial charge is 0.0685 e. The van der Waals surface area contributed by atoms with E-state index >= 15 is 0 Å². The fourth-order valence-electron chi connectivity index (χ4n) is 2.12. The van der Waals surface area contributed by atoms with Crippen LogP contribution < -0.4 is 0 Å². The van der Waals surface area contributed by atoms with Crippen molar-refractivity contribution in [1.82, 2.24) is 5.06 Å². The second-order valence-electron chi connectivity index (χ2n) is 5.79. The third kappa shape index (κ3) is 14.1. The average molecular weight is 273 g/mol. The lowest BCUT2D eigenvalue weighted by atomic mass is 10.0. The zero-order valence-electron chi connectivity index (χ0n) is 13.4. The number of hydroxylamine groups is 2. The van der Waals surface area contributed by atoms with Crippen LogP contribution in [0.5, 0.6) is 0 Å². The molecule has 0 aromatic rings. The lowest BCUT2D eigenvalue weighted by Gasteiger charge is -2.20. The monoisotopic (exact) mass is 273 g/mol. The zero-order chi connectivity index (χ0) is 14.3. The normalized spacial score (nSPS) is 11.7. The number of aliphatic hydroxyl groups excluding tert-OH is 1. The lowest BCUT2D eigenvalue weighted by molar-refractivity contribution is -0.161. The molecule has 0 rings (SSSR count). The van der Waals surface area contributed by atoms with Gasteiger partial charge in [-0.25, -0.2) is 0 Å². The Balaban J connectivity index is 3.34. The van der Waals surface area contributed by atoms with Gasteiger partial charge in [0.2, 0.25) is 0 Å². The van der Waals surface area contributed by atoms with Crippen molar-refractivity contribution >= 4 is 0 Å². The zero-order valence-corrected chi connectivity index (χ0v) is 13.4. The first-order valence-electron chi connectivity index (χ1n) is 8.19. The summed E-state index contributed by atoms with van der Waals surface area (Å²) in [7, 11) is 0. The molecule has 0 aromatic heterocycles. The van der Waals surface area contributed by atoms with Crippen LogP contribution in [0.1, 0.15) is 72.1 Å². The van der Waals surface area contributed by atoms with Crippen LogP contribution in [0.3, 0.4) is 0 Å². The fourth-order valence-corrected chi connectivity index (χ4v) is 2.12. The predicted octanol–water partition coefficient (Wildman–Crippen LogP) is 4.01. The maximum atomic E-state index is 8.83. The molecule has 0 aliphatic rings. The summed E-state index contributed by atoms with van der Waals surface area (Å²) < 4.78 is 0. The van der Waals surface area contributed by atoms with Gasteiger partial charge in [0.05, 0.1) is 6.61 Å². The van der Waals surface area contributed by atoms with E-state index in [1.807, 2.05) is 5.06 Å². The number of hydrogen-bond donors (Lipinski definition) is 1. The Labute approximate surface area is 120 Å². The standard InChI is InChI=1S/C16H35NO2/c1-4-12-17(13-10-14-18)19-15-9-7-5-6-8-11-16(2)3/h16,18H,4-15H2,1-3H3. The first kappa shape index (κ1) is 18.9. The molecule has 3 nitrogen and oxygen atoms in total. The van der Waals surface area contributed by atoms with Crippen LogP contribution in [0.2, 0.25) is 0 Å². The number of rotatable bonds is 14. The van der Waals surface area contributed by atoms with E-state index in [9.17, 15) is 0 Å². The van der Waals surface area contributed by atoms with E-state index in [0.29, 0.717) is 0 Å². The van der Waals surface area contributed by atoms with Crippen LogP contribution in [0.25, 0.3) is 0 Å². The minimum Gasteiger partial charge on any atom is -0.396 e. The van der Waals surface area contributed by atoms with Gasteiger partial charge < -0.3 is 5.11 Å². The van der Waals surface area contributed by atoms with Gasteiger partial charge in [0, 0.05) is 19.7 Å². The Bertz CT molecular complexity index is 174. The van der Waals surface area contributed by atoms with Gasteiger partial charge in [0.15, 0.2) is 0 Å². The predicted molar refractivity (Wildman–Crippen MR) is 82.1 cm³/mol. The van der Waals surface area contributed by atoms with E-state index in [-0.39, 0.29) is 6.61 Å². The first-order valence-corrected chi connectivity index (χ1v) is 8.19. The molecule has 0 amide bonds. The molecule has 116 valence electrons. The number of unbranched alkanes of at least 4 members (excludes halogenated alkanes) is 4. The molecule has 0 fully saturated rings. The highest BCUT2D eigenvalue weighted by Crippen LogP contribution is 2.10. The van der Waals surface area contributed by atoms with Crippen molar-refractivity contribution in [2.45, 2.75) is 72.1 Å². The summed E-state index contributed by atoms with van der Waals surface area (Å²) in [6.07, 6.45) is 9.76. The van der Waals surface area contributed by atoms with Crippen LogP contribution in [-0.2, 0) is 4.84 Å². The van der Waals surface area contributed by atoms with Crippen LogP contribution in [0.15, 0.2) is 0 Å². The highest BCUT2D eigenvalue weighted by atomic mass is 16.7. The second kappa shape index (κ2) is 14.3. The Kier molecular flexibility index (Phi) is 14.2. The summed E-state index contributed by atoms with van der Waals surface area (Å²) in [4.78, 5) is 5.75. The van der Waals surface area contributed by atoms with E-state index in [1.54, 1.807) is 0 Å². The lowest BCUT2D eigenvalue weighted by Crippen LogP contribution is -2.27. The van der Waals surface area contributed by atoms with Crippen LogP contribution in [0.4, 0.5) is 0 Å². The van der Waals surface area contributed by atoms with Crippen molar-refractivity contribution in [3.8, 4) is 0 Å². The van der Waals surface area contributed by atoms with E-state index in [0.717, 1.165) is 44.9 Å². The molecule has 0 radical (unpaired) electrons. The molecular formula is C16H35NO2. The van der Waals surface area contributed by atoms with Gasteiger partial charge in [0.1, 0.15) is 0 Å². The molecular weight excluding hydrogens is 238 g/mol. The van der Waals surface area contributed by atoms with Gasteiger partial charge in [0.25, 0.3) is 0 Å². The molecule has 0 aromatic carbocycles. The number of nitrogens with zero attached hydrogens (tertiary/aromatic N) is 1. The molecule has 0 unspecified atom stereocenters. The van der Waals surface area contributed by atoms with Crippen LogP contribution in [-0.4, -0.2) is 36.5 Å². The van der Waals surface area contributed by atoms with Crippen molar-refractivity contribution in [3.63, 3.8) is 0 Å². The molecule has 0 saturated heterocycles. The van der Waals surface area contributed by atoms with E-state index in [4.69, 9.17) is 9.94 Å². The molecule has 19 heavy (non-hydrogen) atoms. The summed E-state index contributed by atoms with van der Waals surface area (Å²) in [5.74, 6) is 0.845. The van der Waals surface area contributed by atoms with Crippen molar-refractivity contribution in [2.24, 2.45) is 5.92 Å². The molecule has 0 saturated carbocycles. The average Bonchev–Trinajstić information content (AvgIpc) is 2.38. The minimum absolute atomic E-state index is 0.249. The third-order valence-corrected chi connectivity index (χ3v) is 3.24. The van der Waals surface area contributed by atoms with Crippen LogP contribution >= 0.6 is 0 Å². The number of hydrogen-bond acceptors (Lipinski definition) is 3. The molecule has 0 spiro atoms. The molecule has 0 aliphatic heterocycles. The van der Waals surface area contributed by atoms with Gasteiger partial charge >= 0.3 is 0 Å². The third-order valence-electron chi connectivity index (χ3n) is 3.24. The summed E-state index contributed by atoms with van der Waals surface area (Å²) >= 11 is 0. The van der Waals surface area contributed by atoms with Gasteiger partial charge in [-0.3, -0.25) is 4.84 Å². The van der Waals surface area contributed by atoms with E-state index in [1.165, 1.54) is 32.1 Å². The highest BCUT2D eigenvalue weighted by Gasteiger charge is 2.03. The van der Waals surface area contributed by atoms with Gasteiger partial charge in [-0.2, -0.15) is 5.06 Å². The quantitative estimate of drug-likeness (QED) is 0.383. The minimum atomic E-state index is 0.249. The van der Waals surface area contributed by atoms with Crippen molar-refractivity contribution in [3.05, 3.63) is 0 Å². The van der Waals surface area contributed by atoms with Gasteiger partial charge in [-0.05, 0) is 25.2 Å². The Morgan fingerprint density at radius 1 is 0.947 bits per heavy atom. The SMILES string of the molecule is CCCN(CCCO)OCCCCCCCC(C)C. The topological polar surface area (TPSA) is 32.7 Å². The molecule has 0 atom stereocenters. The van der Waals surface area contributed by atoms with E-state index < -0.39 is 0 Å².